The lowest BCUT2D eigenvalue weighted by Crippen LogP contribution is -2.20. The Bertz CT molecular complexity index is 1010. The quantitative estimate of drug-likeness (QED) is 0.407. The molecular formula is C24H33BrN2O2S. The molecule has 0 amide bonds. The van der Waals surface area contributed by atoms with Crippen molar-refractivity contribution in [2.45, 2.75) is 77.4 Å². The smallest absolute Gasteiger partial charge is 0.180 e. The molecule has 0 radical (unpaired) electrons. The predicted molar refractivity (Wildman–Crippen MR) is 128 cm³/mol. The van der Waals surface area contributed by atoms with Crippen LogP contribution in [0, 0.1) is 12.3 Å². The fourth-order valence-electron chi connectivity index (χ4n) is 3.19. The summed E-state index contributed by atoms with van der Waals surface area (Å²) in [5, 5.41) is -0.428. The van der Waals surface area contributed by atoms with Crippen LogP contribution in [-0.2, 0) is 9.84 Å². The van der Waals surface area contributed by atoms with Gasteiger partial charge in [0.25, 0.3) is 0 Å². The molecule has 0 aliphatic carbocycles. The van der Waals surface area contributed by atoms with Crippen LogP contribution >= 0.6 is 15.9 Å². The van der Waals surface area contributed by atoms with Crippen LogP contribution in [0.4, 0.5) is 0 Å². The van der Waals surface area contributed by atoms with Crippen LogP contribution in [0.15, 0.2) is 46.0 Å². The largest absolute Gasteiger partial charge is 0.257 e. The van der Waals surface area contributed by atoms with Crippen molar-refractivity contribution in [2.24, 2.45) is 5.41 Å². The number of allylic oxidation sites excluding steroid dienone is 1. The van der Waals surface area contributed by atoms with Gasteiger partial charge in [-0.1, -0.05) is 52.3 Å². The average Bonchev–Trinajstić information content (AvgIpc) is 2.68. The molecule has 6 heteroatoms. The van der Waals surface area contributed by atoms with Gasteiger partial charge in [0.2, 0.25) is 0 Å². The first-order valence-electron chi connectivity index (χ1n) is 10.5. The van der Waals surface area contributed by atoms with E-state index in [1.165, 1.54) is 0 Å². The molecule has 0 saturated heterocycles. The Morgan fingerprint density at radius 1 is 1.27 bits per heavy atom. The van der Waals surface area contributed by atoms with E-state index in [4.69, 9.17) is 0 Å². The number of sulfone groups is 1. The highest BCUT2D eigenvalue weighted by Crippen LogP contribution is 2.30. The summed E-state index contributed by atoms with van der Waals surface area (Å²) in [6.45, 7) is 12.3. The molecule has 1 unspecified atom stereocenters. The van der Waals surface area contributed by atoms with Crippen LogP contribution in [0.3, 0.4) is 0 Å². The number of nitrogens with zero attached hydrogens (tertiary/aromatic N) is 2. The van der Waals surface area contributed by atoms with E-state index in [-0.39, 0.29) is 5.41 Å². The zero-order valence-electron chi connectivity index (χ0n) is 18.9. The monoisotopic (exact) mass is 492 g/mol. The minimum absolute atomic E-state index is 0.110. The molecule has 2 aromatic rings. The number of aryl methyl sites for hydroxylation is 1. The van der Waals surface area contributed by atoms with Crippen molar-refractivity contribution >= 4 is 31.3 Å². The standard InChI is InChI=1S/C24H33BrN2O2S/c1-7-8-12-21(23-18(3)26-16-22(25)27-23)19-10-9-11-20(15-19)30(28,29)17(2)13-14-24(4,5)6/h9-12,15-17H,7-8,13-14H2,1-6H3/b21-12-. The first-order valence-corrected chi connectivity index (χ1v) is 12.8. The second-order valence-corrected chi connectivity index (χ2v) is 12.2. The molecule has 0 fully saturated rings. The summed E-state index contributed by atoms with van der Waals surface area (Å²) in [5.74, 6) is 0. The van der Waals surface area contributed by atoms with E-state index in [1.807, 2.05) is 26.0 Å². The summed E-state index contributed by atoms with van der Waals surface area (Å²) in [6, 6.07) is 7.25. The third-order valence-electron chi connectivity index (χ3n) is 5.12. The maximum atomic E-state index is 13.2. The van der Waals surface area contributed by atoms with Crippen molar-refractivity contribution in [3.8, 4) is 0 Å². The van der Waals surface area contributed by atoms with Gasteiger partial charge in [-0.05, 0) is 72.2 Å². The predicted octanol–water partition coefficient (Wildman–Crippen LogP) is 6.77. The van der Waals surface area contributed by atoms with Crippen LogP contribution in [0.1, 0.15) is 77.3 Å². The molecule has 0 N–H and O–H groups in total. The van der Waals surface area contributed by atoms with E-state index in [0.717, 1.165) is 41.8 Å². The van der Waals surface area contributed by atoms with Gasteiger partial charge in [-0.15, -0.1) is 0 Å². The van der Waals surface area contributed by atoms with Crippen LogP contribution in [0.25, 0.3) is 5.57 Å². The molecule has 0 aliphatic rings. The van der Waals surface area contributed by atoms with Gasteiger partial charge in [-0.2, -0.15) is 0 Å². The average molecular weight is 494 g/mol. The summed E-state index contributed by atoms with van der Waals surface area (Å²) >= 11 is 3.41. The molecule has 1 aromatic carbocycles. The topological polar surface area (TPSA) is 59.9 Å². The molecule has 0 saturated carbocycles. The Morgan fingerprint density at radius 2 is 1.97 bits per heavy atom. The van der Waals surface area contributed by atoms with Crippen molar-refractivity contribution in [1.82, 2.24) is 9.97 Å². The van der Waals surface area contributed by atoms with Crippen LogP contribution in [0.2, 0.25) is 0 Å². The highest BCUT2D eigenvalue weighted by atomic mass is 79.9. The van der Waals surface area contributed by atoms with E-state index < -0.39 is 15.1 Å². The number of benzene rings is 1. The van der Waals surface area contributed by atoms with E-state index in [9.17, 15) is 8.42 Å². The molecular weight excluding hydrogens is 460 g/mol. The first kappa shape index (κ1) is 24.7. The molecule has 1 atom stereocenters. The Labute approximate surface area is 190 Å². The highest BCUT2D eigenvalue weighted by Gasteiger charge is 2.26. The van der Waals surface area contributed by atoms with E-state index in [1.54, 1.807) is 18.3 Å². The van der Waals surface area contributed by atoms with Crippen LogP contribution in [0.5, 0.6) is 0 Å². The third-order valence-corrected chi connectivity index (χ3v) is 7.71. The zero-order valence-corrected chi connectivity index (χ0v) is 21.3. The Balaban J connectivity index is 2.47. The van der Waals surface area contributed by atoms with Gasteiger partial charge in [0.15, 0.2) is 9.84 Å². The maximum Gasteiger partial charge on any atom is 0.180 e. The molecule has 0 aliphatic heterocycles. The number of hydrogen-bond donors (Lipinski definition) is 0. The number of rotatable bonds is 8. The molecule has 30 heavy (non-hydrogen) atoms. The second-order valence-electron chi connectivity index (χ2n) is 9.02. The maximum absolute atomic E-state index is 13.2. The second kappa shape index (κ2) is 10.2. The fourth-order valence-corrected chi connectivity index (χ4v) is 4.92. The van der Waals surface area contributed by atoms with E-state index in [2.05, 4.69) is 59.7 Å². The van der Waals surface area contributed by atoms with Gasteiger partial charge in [0.1, 0.15) is 4.60 Å². The van der Waals surface area contributed by atoms with Crippen LogP contribution in [-0.4, -0.2) is 23.6 Å². The Kier molecular flexibility index (Phi) is 8.40. The summed E-state index contributed by atoms with van der Waals surface area (Å²) in [4.78, 5) is 9.40. The molecule has 1 heterocycles. The van der Waals surface area contributed by atoms with Gasteiger partial charge < -0.3 is 0 Å². The number of halogens is 1. The highest BCUT2D eigenvalue weighted by molar-refractivity contribution is 9.10. The summed E-state index contributed by atoms with van der Waals surface area (Å²) in [6.07, 6.45) is 7.17. The number of unbranched alkanes of at least 4 members (excludes halogenated alkanes) is 1. The lowest BCUT2D eigenvalue weighted by Gasteiger charge is -2.21. The van der Waals surface area contributed by atoms with Gasteiger partial charge in [-0.3, -0.25) is 4.98 Å². The molecule has 0 bridgehead atoms. The Hall–Kier alpha value is -1.53. The SMILES string of the molecule is CCC/C=C(/c1cccc(S(=O)(=O)C(C)CCC(C)(C)C)c1)c1nc(Br)cnc1C. The molecule has 0 spiro atoms. The van der Waals surface area contributed by atoms with Crippen LogP contribution < -0.4 is 0 Å². The molecule has 2 rings (SSSR count). The summed E-state index contributed by atoms with van der Waals surface area (Å²) in [5.41, 5.74) is 3.46. The third kappa shape index (κ3) is 6.48. The minimum Gasteiger partial charge on any atom is -0.257 e. The van der Waals surface area contributed by atoms with Gasteiger partial charge in [0, 0.05) is 5.57 Å². The molecule has 164 valence electrons. The lowest BCUT2D eigenvalue weighted by molar-refractivity contribution is 0.363. The van der Waals surface area contributed by atoms with Gasteiger partial charge in [-0.25, -0.2) is 13.4 Å². The van der Waals surface area contributed by atoms with Crippen molar-refractivity contribution in [3.63, 3.8) is 0 Å². The van der Waals surface area contributed by atoms with Crippen molar-refractivity contribution in [2.75, 3.05) is 0 Å². The van der Waals surface area contributed by atoms with Gasteiger partial charge in [0.05, 0.1) is 27.7 Å². The number of hydrogen-bond acceptors (Lipinski definition) is 4. The molecule has 1 aromatic heterocycles. The molecule has 4 nitrogen and oxygen atoms in total. The van der Waals surface area contributed by atoms with E-state index in [0.29, 0.717) is 15.9 Å². The zero-order chi connectivity index (χ0) is 22.5. The lowest BCUT2D eigenvalue weighted by atomic mass is 9.90. The normalized spacial score (nSPS) is 14.0. The minimum atomic E-state index is -3.41. The van der Waals surface area contributed by atoms with Crippen molar-refractivity contribution in [3.05, 3.63) is 58.1 Å². The fraction of sp³-hybridized carbons (Fsp3) is 0.500. The van der Waals surface area contributed by atoms with Crippen molar-refractivity contribution < 1.29 is 8.42 Å². The van der Waals surface area contributed by atoms with Gasteiger partial charge >= 0.3 is 0 Å². The first-order chi connectivity index (χ1) is 14.0. The summed E-state index contributed by atoms with van der Waals surface area (Å²) < 4.78 is 27.1. The van der Waals surface area contributed by atoms with E-state index >= 15 is 0 Å². The summed E-state index contributed by atoms with van der Waals surface area (Å²) in [7, 11) is -3.41. The van der Waals surface area contributed by atoms with Crippen molar-refractivity contribution in [1.29, 1.82) is 0 Å². The number of aromatic nitrogens is 2. The Morgan fingerprint density at radius 3 is 2.60 bits per heavy atom.